The number of amides is 1. The average Bonchev–Trinajstić information content (AvgIpc) is 2.62. The molecule has 0 atom stereocenters. The second kappa shape index (κ2) is 8.22. The number of nitrogens with zero attached hydrogens (tertiary/aromatic N) is 1. The predicted octanol–water partition coefficient (Wildman–Crippen LogP) is 3.72. The zero-order valence-corrected chi connectivity index (χ0v) is 15.1. The molecule has 0 aliphatic carbocycles. The second-order valence-corrected chi connectivity index (χ2v) is 5.73. The quantitative estimate of drug-likeness (QED) is 0.587. The first-order valence-corrected chi connectivity index (χ1v) is 7.92. The first kappa shape index (κ1) is 18.4. The number of ether oxygens (including phenoxy) is 2. The van der Waals surface area contributed by atoms with Crippen molar-refractivity contribution in [3.63, 3.8) is 0 Å². The third kappa shape index (κ3) is 4.31. The number of halogens is 1. The van der Waals surface area contributed by atoms with E-state index in [2.05, 4.69) is 21.2 Å². The van der Waals surface area contributed by atoms with Crippen molar-refractivity contribution in [3.05, 3.63) is 52.0 Å². The van der Waals surface area contributed by atoms with Crippen molar-refractivity contribution in [3.8, 4) is 23.3 Å². The van der Waals surface area contributed by atoms with Gasteiger partial charge in [-0.1, -0.05) is 12.1 Å². The number of nitrogens with one attached hydrogen (secondary N) is 1. The number of para-hydroxylation sites is 1. The number of carbonyl (C=O) groups is 1. The maximum Gasteiger partial charge on any atom is 0.266 e. The van der Waals surface area contributed by atoms with E-state index in [9.17, 15) is 15.2 Å². The molecule has 0 saturated carbocycles. The molecule has 0 heterocycles. The van der Waals surface area contributed by atoms with Crippen molar-refractivity contribution in [2.24, 2.45) is 0 Å². The molecule has 2 aromatic carbocycles. The SMILES string of the molecule is COc1cc(/C=C(/C#N)C(=O)Nc2ccccc2Br)cc(OC)c1O. The molecule has 0 aliphatic heterocycles. The van der Waals surface area contributed by atoms with E-state index in [1.54, 1.807) is 18.2 Å². The lowest BCUT2D eigenvalue weighted by atomic mass is 10.1. The summed E-state index contributed by atoms with van der Waals surface area (Å²) >= 11 is 3.33. The van der Waals surface area contributed by atoms with Crippen LogP contribution in [0.5, 0.6) is 17.2 Å². The lowest BCUT2D eigenvalue weighted by molar-refractivity contribution is -0.112. The molecule has 2 N–H and O–H groups in total. The topological polar surface area (TPSA) is 91.6 Å². The number of carbonyl (C=O) groups excluding carboxylic acids is 1. The minimum Gasteiger partial charge on any atom is -0.502 e. The molecular formula is C18H15BrN2O4. The smallest absolute Gasteiger partial charge is 0.266 e. The summed E-state index contributed by atoms with van der Waals surface area (Å²) in [5.74, 6) is -0.359. The summed E-state index contributed by atoms with van der Waals surface area (Å²) in [7, 11) is 2.79. The van der Waals surface area contributed by atoms with E-state index in [1.807, 2.05) is 12.1 Å². The summed E-state index contributed by atoms with van der Waals surface area (Å²) in [5.41, 5.74) is 0.922. The van der Waals surface area contributed by atoms with Crippen molar-refractivity contribution in [1.82, 2.24) is 0 Å². The van der Waals surface area contributed by atoms with E-state index >= 15 is 0 Å². The molecule has 0 radical (unpaired) electrons. The monoisotopic (exact) mass is 402 g/mol. The van der Waals surface area contributed by atoms with Gasteiger partial charge in [-0.05, 0) is 51.8 Å². The number of benzene rings is 2. The lowest BCUT2D eigenvalue weighted by Crippen LogP contribution is -2.13. The fourth-order valence-corrected chi connectivity index (χ4v) is 2.45. The van der Waals surface area contributed by atoms with Crippen LogP contribution in [0.15, 0.2) is 46.4 Å². The highest BCUT2D eigenvalue weighted by molar-refractivity contribution is 9.10. The number of hydrogen-bond donors (Lipinski definition) is 2. The van der Waals surface area contributed by atoms with Crippen LogP contribution in [-0.4, -0.2) is 25.2 Å². The van der Waals surface area contributed by atoms with Gasteiger partial charge in [0.1, 0.15) is 11.6 Å². The molecule has 2 aromatic rings. The van der Waals surface area contributed by atoms with Gasteiger partial charge in [-0.25, -0.2) is 0 Å². The summed E-state index contributed by atoms with van der Waals surface area (Å²) in [6.45, 7) is 0. The Morgan fingerprint density at radius 2 is 1.84 bits per heavy atom. The highest BCUT2D eigenvalue weighted by Gasteiger charge is 2.14. The summed E-state index contributed by atoms with van der Waals surface area (Å²) in [5, 5.41) is 21.9. The number of aromatic hydroxyl groups is 1. The Bertz CT molecular complexity index is 847. The Kier molecular flexibility index (Phi) is 6.03. The minimum absolute atomic E-state index is 0.106. The van der Waals surface area contributed by atoms with E-state index in [-0.39, 0.29) is 22.8 Å². The second-order valence-electron chi connectivity index (χ2n) is 4.88. The maximum atomic E-state index is 12.3. The number of anilines is 1. The first-order chi connectivity index (χ1) is 12.0. The molecule has 1 amide bonds. The van der Waals surface area contributed by atoms with Crippen LogP contribution in [0.25, 0.3) is 6.08 Å². The molecule has 6 nitrogen and oxygen atoms in total. The van der Waals surface area contributed by atoms with E-state index in [1.165, 1.54) is 32.4 Å². The van der Waals surface area contributed by atoms with Crippen LogP contribution in [0.4, 0.5) is 5.69 Å². The van der Waals surface area contributed by atoms with Gasteiger partial charge < -0.3 is 19.9 Å². The summed E-state index contributed by atoms with van der Waals surface area (Å²) < 4.78 is 10.8. The normalized spacial score (nSPS) is 10.7. The lowest BCUT2D eigenvalue weighted by Gasteiger charge is -2.10. The number of hydrogen-bond acceptors (Lipinski definition) is 5. The van der Waals surface area contributed by atoms with Crippen molar-refractivity contribution < 1.29 is 19.4 Å². The van der Waals surface area contributed by atoms with Gasteiger partial charge in [-0.2, -0.15) is 5.26 Å². The molecule has 2 rings (SSSR count). The Labute approximate surface area is 153 Å². The van der Waals surface area contributed by atoms with Gasteiger partial charge in [0.15, 0.2) is 11.5 Å². The number of phenolic OH excluding ortho intramolecular Hbond substituents is 1. The van der Waals surface area contributed by atoms with Crippen LogP contribution in [0.3, 0.4) is 0 Å². The fourth-order valence-electron chi connectivity index (χ4n) is 2.06. The van der Waals surface area contributed by atoms with Crippen LogP contribution in [-0.2, 0) is 4.79 Å². The molecule has 25 heavy (non-hydrogen) atoms. The summed E-state index contributed by atoms with van der Waals surface area (Å²) in [4.78, 5) is 12.3. The number of methoxy groups -OCH3 is 2. The van der Waals surface area contributed by atoms with Gasteiger partial charge in [-0.15, -0.1) is 0 Å². The van der Waals surface area contributed by atoms with Crippen LogP contribution in [0, 0.1) is 11.3 Å². The molecule has 128 valence electrons. The highest BCUT2D eigenvalue weighted by atomic mass is 79.9. The molecule has 0 spiro atoms. The molecule has 0 fully saturated rings. The van der Waals surface area contributed by atoms with Crippen molar-refractivity contribution in [2.45, 2.75) is 0 Å². The van der Waals surface area contributed by atoms with Crippen LogP contribution < -0.4 is 14.8 Å². The molecule has 0 bridgehead atoms. The van der Waals surface area contributed by atoms with Gasteiger partial charge in [0.05, 0.1) is 19.9 Å². The van der Waals surface area contributed by atoms with Crippen molar-refractivity contribution in [1.29, 1.82) is 5.26 Å². The van der Waals surface area contributed by atoms with Crippen molar-refractivity contribution in [2.75, 3.05) is 19.5 Å². The standard InChI is InChI=1S/C18H15BrN2O4/c1-24-15-8-11(9-16(25-2)17(15)22)7-12(10-20)18(23)21-14-6-4-3-5-13(14)19/h3-9,22H,1-2H3,(H,21,23)/b12-7-. The van der Waals surface area contributed by atoms with Gasteiger partial charge in [0.25, 0.3) is 5.91 Å². The highest BCUT2D eigenvalue weighted by Crippen LogP contribution is 2.37. The fraction of sp³-hybridized carbons (Fsp3) is 0.111. The van der Waals surface area contributed by atoms with Gasteiger partial charge in [0, 0.05) is 4.47 Å². The Morgan fingerprint density at radius 3 is 2.36 bits per heavy atom. The van der Waals surface area contributed by atoms with E-state index in [0.717, 1.165) is 0 Å². The largest absolute Gasteiger partial charge is 0.502 e. The average molecular weight is 403 g/mol. The molecule has 0 aromatic heterocycles. The number of phenols is 1. The van der Waals surface area contributed by atoms with E-state index in [4.69, 9.17) is 9.47 Å². The third-order valence-electron chi connectivity index (χ3n) is 3.30. The van der Waals surface area contributed by atoms with Gasteiger partial charge in [-0.3, -0.25) is 4.79 Å². The Morgan fingerprint density at radius 1 is 1.24 bits per heavy atom. The zero-order chi connectivity index (χ0) is 18.4. The van der Waals surface area contributed by atoms with Crippen LogP contribution in [0.1, 0.15) is 5.56 Å². The molecular weight excluding hydrogens is 388 g/mol. The summed E-state index contributed by atoms with van der Waals surface area (Å²) in [6.07, 6.45) is 1.39. The van der Waals surface area contributed by atoms with Crippen LogP contribution in [0.2, 0.25) is 0 Å². The van der Waals surface area contributed by atoms with Gasteiger partial charge >= 0.3 is 0 Å². The van der Waals surface area contributed by atoms with E-state index < -0.39 is 5.91 Å². The Balaban J connectivity index is 2.36. The molecule has 0 saturated heterocycles. The number of nitriles is 1. The Hall–Kier alpha value is -2.98. The molecule has 0 aliphatic rings. The van der Waals surface area contributed by atoms with Gasteiger partial charge in [0.2, 0.25) is 5.75 Å². The predicted molar refractivity (Wildman–Crippen MR) is 97.6 cm³/mol. The number of rotatable bonds is 5. The third-order valence-corrected chi connectivity index (χ3v) is 3.99. The van der Waals surface area contributed by atoms with E-state index in [0.29, 0.717) is 15.7 Å². The van der Waals surface area contributed by atoms with Crippen LogP contribution >= 0.6 is 15.9 Å². The zero-order valence-electron chi connectivity index (χ0n) is 13.5. The maximum absolute atomic E-state index is 12.3. The molecule has 0 unspecified atom stereocenters. The van der Waals surface area contributed by atoms with Crippen molar-refractivity contribution >= 4 is 33.6 Å². The first-order valence-electron chi connectivity index (χ1n) is 7.12. The minimum atomic E-state index is -0.555. The summed E-state index contributed by atoms with van der Waals surface area (Å²) in [6, 6.07) is 11.9. The molecule has 7 heteroatoms.